The SMILES string of the molecule is CCN(CC)c1ccc(CNc2c(-c3ccccc3)noc2C)cc1. The van der Waals surface area contributed by atoms with Crippen molar-refractivity contribution in [3.8, 4) is 11.3 Å². The summed E-state index contributed by atoms with van der Waals surface area (Å²) in [5.74, 6) is 0.804. The highest BCUT2D eigenvalue weighted by Crippen LogP contribution is 2.30. The molecule has 0 aliphatic heterocycles. The Balaban J connectivity index is 1.73. The van der Waals surface area contributed by atoms with E-state index in [1.807, 2.05) is 37.3 Å². The summed E-state index contributed by atoms with van der Waals surface area (Å²) < 4.78 is 5.40. The standard InChI is InChI=1S/C21H25N3O/c1-4-24(5-2)19-13-11-17(12-14-19)15-22-20-16(3)25-23-21(20)18-9-7-6-8-10-18/h6-14,22H,4-5,15H2,1-3H3. The zero-order valence-electron chi connectivity index (χ0n) is 15.1. The molecule has 0 spiro atoms. The highest BCUT2D eigenvalue weighted by Gasteiger charge is 2.14. The first-order valence-corrected chi connectivity index (χ1v) is 8.82. The van der Waals surface area contributed by atoms with E-state index in [4.69, 9.17) is 4.52 Å². The fraction of sp³-hybridized carbons (Fsp3) is 0.286. The Hall–Kier alpha value is -2.75. The molecule has 0 saturated heterocycles. The van der Waals surface area contributed by atoms with Crippen LogP contribution in [0, 0.1) is 6.92 Å². The molecule has 1 heterocycles. The van der Waals surface area contributed by atoms with Crippen molar-refractivity contribution in [2.75, 3.05) is 23.3 Å². The van der Waals surface area contributed by atoms with Crippen LogP contribution in [0.4, 0.5) is 11.4 Å². The molecule has 1 N–H and O–H groups in total. The third kappa shape index (κ3) is 3.85. The Morgan fingerprint density at radius 1 is 0.960 bits per heavy atom. The minimum Gasteiger partial charge on any atom is -0.376 e. The van der Waals surface area contributed by atoms with Gasteiger partial charge < -0.3 is 14.7 Å². The third-order valence-corrected chi connectivity index (χ3v) is 4.44. The summed E-state index contributed by atoms with van der Waals surface area (Å²) in [5.41, 5.74) is 5.37. The maximum atomic E-state index is 5.40. The molecular formula is C21H25N3O. The molecule has 0 aliphatic rings. The van der Waals surface area contributed by atoms with Crippen LogP contribution in [-0.2, 0) is 6.54 Å². The van der Waals surface area contributed by atoms with Crippen molar-refractivity contribution < 1.29 is 4.52 Å². The highest BCUT2D eigenvalue weighted by atomic mass is 16.5. The van der Waals surface area contributed by atoms with Crippen LogP contribution in [0.15, 0.2) is 59.1 Å². The number of hydrogen-bond donors (Lipinski definition) is 1. The molecule has 4 heteroatoms. The van der Waals surface area contributed by atoms with Crippen LogP contribution in [0.25, 0.3) is 11.3 Å². The smallest absolute Gasteiger partial charge is 0.157 e. The highest BCUT2D eigenvalue weighted by molar-refractivity contribution is 5.75. The fourth-order valence-corrected chi connectivity index (χ4v) is 2.98. The topological polar surface area (TPSA) is 41.3 Å². The first-order valence-electron chi connectivity index (χ1n) is 8.82. The van der Waals surface area contributed by atoms with Gasteiger partial charge in [0.05, 0.1) is 0 Å². The van der Waals surface area contributed by atoms with Crippen molar-refractivity contribution in [1.29, 1.82) is 0 Å². The van der Waals surface area contributed by atoms with E-state index in [1.165, 1.54) is 11.3 Å². The number of nitrogens with one attached hydrogen (secondary N) is 1. The minimum atomic E-state index is 0.737. The van der Waals surface area contributed by atoms with Crippen molar-refractivity contribution in [3.05, 3.63) is 65.9 Å². The van der Waals surface area contributed by atoms with Crippen LogP contribution in [-0.4, -0.2) is 18.2 Å². The lowest BCUT2D eigenvalue weighted by Gasteiger charge is -2.21. The predicted molar refractivity (Wildman–Crippen MR) is 104 cm³/mol. The molecule has 0 atom stereocenters. The van der Waals surface area contributed by atoms with Crippen LogP contribution in [0.1, 0.15) is 25.2 Å². The summed E-state index contributed by atoms with van der Waals surface area (Å²) in [7, 11) is 0. The van der Waals surface area contributed by atoms with Gasteiger partial charge in [-0.05, 0) is 38.5 Å². The van der Waals surface area contributed by atoms with E-state index < -0.39 is 0 Å². The molecule has 4 nitrogen and oxygen atoms in total. The zero-order valence-corrected chi connectivity index (χ0v) is 15.1. The summed E-state index contributed by atoms with van der Waals surface area (Å²) in [5, 5.41) is 7.70. The maximum Gasteiger partial charge on any atom is 0.157 e. The maximum absolute atomic E-state index is 5.40. The fourth-order valence-electron chi connectivity index (χ4n) is 2.98. The van der Waals surface area contributed by atoms with Crippen molar-refractivity contribution in [1.82, 2.24) is 5.16 Å². The van der Waals surface area contributed by atoms with Gasteiger partial charge in [0.15, 0.2) is 5.76 Å². The summed E-state index contributed by atoms with van der Waals surface area (Å²) in [6, 6.07) is 18.8. The number of aromatic nitrogens is 1. The van der Waals surface area contributed by atoms with Gasteiger partial charge in [0.1, 0.15) is 11.4 Å². The Bertz CT molecular complexity index is 790. The van der Waals surface area contributed by atoms with Crippen LogP contribution in [0.3, 0.4) is 0 Å². The second-order valence-corrected chi connectivity index (χ2v) is 6.02. The molecule has 0 bridgehead atoms. The number of hydrogen-bond acceptors (Lipinski definition) is 4. The van der Waals surface area contributed by atoms with Crippen molar-refractivity contribution in [2.45, 2.75) is 27.3 Å². The minimum absolute atomic E-state index is 0.737. The molecular weight excluding hydrogens is 310 g/mol. The summed E-state index contributed by atoms with van der Waals surface area (Å²) in [6.07, 6.45) is 0. The second-order valence-electron chi connectivity index (χ2n) is 6.02. The molecule has 2 aromatic carbocycles. The second kappa shape index (κ2) is 7.88. The molecule has 0 fully saturated rings. The van der Waals surface area contributed by atoms with E-state index in [0.29, 0.717) is 0 Å². The van der Waals surface area contributed by atoms with Crippen molar-refractivity contribution in [2.24, 2.45) is 0 Å². The van der Waals surface area contributed by atoms with Crippen LogP contribution in [0.5, 0.6) is 0 Å². The lowest BCUT2D eigenvalue weighted by molar-refractivity contribution is 0.400. The van der Waals surface area contributed by atoms with Gasteiger partial charge in [-0.2, -0.15) is 0 Å². The molecule has 3 rings (SSSR count). The molecule has 0 unspecified atom stereocenters. The largest absolute Gasteiger partial charge is 0.376 e. The first kappa shape index (κ1) is 17.1. The summed E-state index contributed by atoms with van der Waals surface area (Å²) in [4.78, 5) is 2.34. The van der Waals surface area contributed by atoms with Crippen molar-refractivity contribution in [3.63, 3.8) is 0 Å². The van der Waals surface area contributed by atoms with E-state index >= 15 is 0 Å². The third-order valence-electron chi connectivity index (χ3n) is 4.44. The Morgan fingerprint density at radius 3 is 2.28 bits per heavy atom. The number of benzene rings is 2. The van der Waals surface area contributed by atoms with Crippen molar-refractivity contribution >= 4 is 11.4 Å². The lowest BCUT2D eigenvalue weighted by atomic mass is 10.1. The number of aryl methyl sites for hydroxylation is 1. The average molecular weight is 335 g/mol. The summed E-state index contributed by atoms with van der Waals surface area (Å²) in [6.45, 7) is 9.08. The number of nitrogens with zero attached hydrogens (tertiary/aromatic N) is 2. The Labute approximate surface area is 149 Å². The Morgan fingerprint density at radius 2 is 1.64 bits per heavy atom. The molecule has 0 saturated carbocycles. The van der Waals surface area contributed by atoms with E-state index in [2.05, 4.69) is 53.5 Å². The van der Waals surface area contributed by atoms with Gasteiger partial charge in [0, 0.05) is 30.9 Å². The molecule has 1 aromatic heterocycles. The van der Waals surface area contributed by atoms with Crippen LogP contribution >= 0.6 is 0 Å². The van der Waals surface area contributed by atoms with Gasteiger partial charge in [-0.15, -0.1) is 0 Å². The average Bonchev–Trinajstić information content (AvgIpc) is 3.03. The molecule has 130 valence electrons. The lowest BCUT2D eigenvalue weighted by Crippen LogP contribution is -2.21. The van der Waals surface area contributed by atoms with Crippen LogP contribution < -0.4 is 10.2 Å². The Kier molecular flexibility index (Phi) is 5.39. The normalized spacial score (nSPS) is 10.7. The summed E-state index contributed by atoms with van der Waals surface area (Å²) >= 11 is 0. The molecule has 0 aliphatic carbocycles. The monoisotopic (exact) mass is 335 g/mol. The predicted octanol–water partition coefficient (Wildman–Crippen LogP) is 5.11. The van der Waals surface area contributed by atoms with Gasteiger partial charge in [0.25, 0.3) is 0 Å². The molecule has 25 heavy (non-hydrogen) atoms. The number of anilines is 2. The van der Waals surface area contributed by atoms with Gasteiger partial charge >= 0.3 is 0 Å². The van der Waals surface area contributed by atoms with Gasteiger partial charge in [-0.25, -0.2) is 0 Å². The van der Waals surface area contributed by atoms with E-state index in [1.54, 1.807) is 0 Å². The van der Waals surface area contributed by atoms with Gasteiger partial charge in [-0.1, -0.05) is 47.6 Å². The molecule has 0 amide bonds. The van der Waals surface area contributed by atoms with E-state index in [-0.39, 0.29) is 0 Å². The van der Waals surface area contributed by atoms with E-state index in [0.717, 1.165) is 42.3 Å². The quantitative estimate of drug-likeness (QED) is 0.651. The first-order chi connectivity index (χ1) is 12.2. The number of rotatable bonds is 7. The molecule has 3 aromatic rings. The molecule has 0 radical (unpaired) electrons. The van der Waals surface area contributed by atoms with Gasteiger partial charge in [-0.3, -0.25) is 0 Å². The van der Waals surface area contributed by atoms with Gasteiger partial charge in [0.2, 0.25) is 0 Å². The van der Waals surface area contributed by atoms with E-state index in [9.17, 15) is 0 Å². The van der Waals surface area contributed by atoms with Crippen LogP contribution in [0.2, 0.25) is 0 Å². The zero-order chi connectivity index (χ0) is 17.6.